The molecule has 1 heterocycles. The number of thiophene rings is 1. The lowest BCUT2D eigenvalue weighted by Gasteiger charge is -2.09. The van der Waals surface area contributed by atoms with Crippen LogP contribution in [0.3, 0.4) is 0 Å². The number of carbonyl (C=O) groups is 1. The molecule has 1 aromatic carbocycles. The van der Waals surface area contributed by atoms with Crippen molar-refractivity contribution in [3.63, 3.8) is 0 Å². The molecule has 0 atom stereocenters. The van der Waals surface area contributed by atoms with Gasteiger partial charge in [0.05, 0.1) is 10.6 Å². The molecule has 0 bridgehead atoms. The average molecular weight is 379 g/mol. The zero-order chi connectivity index (χ0) is 16.5. The van der Waals surface area contributed by atoms with Crippen molar-refractivity contribution in [2.24, 2.45) is 5.73 Å². The molecule has 3 N–H and O–H groups in total. The van der Waals surface area contributed by atoms with E-state index in [-0.39, 0.29) is 25.5 Å². The van der Waals surface area contributed by atoms with Gasteiger partial charge in [0.25, 0.3) is 15.9 Å². The SMILES string of the molecule is CCc1cc(C(N)=O)c(NS(=O)(=O)c2cc(Cl)ccc2Cl)s1. The molecular formula is C13H12Cl2N2O3S2. The summed E-state index contributed by atoms with van der Waals surface area (Å²) in [6.45, 7) is 1.89. The van der Waals surface area contributed by atoms with Gasteiger partial charge < -0.3 is 5.73 Å². The second-order valence-electron chi connectivity index (χ2n) is 4.35. The number of nitrogens with one attached hydrogen (secondary N) is 1. The van der Waals surface area contributed by atoms with Crippen LogP contribution < -0.4 is 10.5 Å². The minimum Gasteiger partial charge on any atom is -0.366 e. The van der Waals surface area contributed by atoms with Crippen LogP contribution in [-0.2, 0) is 16.4 Å². The molecular weight excluding hydrogens is 367 g/mol. The number of nitrogens with two attached hydrogens (primary N) is 1. The zero-order valence-corrected chi connectivity index (χ0v) is 14.5. The highest BCUT2D eigenvalue weighted by Gasteiger charge is 2.23. The summed E-state index contributed by atoms with van der Waals surface area (Å²) in [6.07, 6.45) is 0.657. The summed E-state index contributed by atoms with van der Waals surface area (Å²) >= 11 is 12.9. The van der Waals surface area contributed by atoms with Crippen LogP contribution in [0, 0.1) is 0 Å². The normalized spacial score (nSPS) is 11.4. The fourth-order valence-electron chi connectivity index (χ4n) is 1.74. The predicted octanol–water partition coefficient (Wildman–Crippen LogP) is 3.52. The second-order valence-corrected chi connectivity index (χ2v) is 7.98. The van der Waals surface area contributed by atoms with Crippen LogP contribution in [0.5, 0.6) is 0 Å². The maximum absolute atomic E-state index is 12.4. The summed E-state index contributed by atoms with van der Waals surface area (Å²) in [7, 11) is -3.98. The van der Waals surface area contributed by atoms with Crippen molar-refractivity contribution in [3.05, 3.63) is 44.8 Å². The summed E-state index contributed by atoms with van der Waals surface area (Å²) in [6, 6.07) is 5.69. The third kappa shape index (κ3) is 3.55. The molecule has 5 nitrogen and oxygen atoms in total. The quantitative estimate of drug-likeness (QED) is 0.833. The number of hydrogen-bond donors (Lipinski definition) is 2. The van der Waals surface area contributed by atoms with Crippen molar-refractivity contribution in [1.29, 1.82) is 0 Å². The van der Waals surface area contributed by atoms with Crippen molar-refractivity contribution in [1.82, 2.24) is 0 Å². The van der Waals surface area contributed by atoms with Crippen LogP contribution in [0.1, 0.15) is 22.2 Å². The summed E-state index contributed by atoms with van der Waals surface area (Å²) in [5.41, 5.74) is 5.41. The number of rotatable bonds is 5. The smallest absolute Gasteiger partial charge is 0.264 e. The number of primary amides is 1. The molecule has 0 saturated carbocycles. The Bertz CT molecular complexity index is 832. The lowest BCUT2D eigenvalue weighted by Crippen LogP contribution is -2.17. The number of amides is 1. The fourth-order valence-corrected chi connectivity index (χ4v) is 4.81. The van der Waals surface area contributed by atoms with Gasteiger partial charge in [0.15, 0.2) is 0 Å². The first kappa shape index (κ1) is 17.1. The van der Waals surface area contributed by atoms with Gasteiger partial charge in [0, 0.05) is 9.90 Å². The van der Waals surface area contributed by atoms with E-state index in [0.717, 1.165) is 16.2 Å². The van der Waals surface area contributed by atoms with Crippen LogP contribution in [0.4, 0.5) is 5.00 Å². The monoisotopic (exact) mass is 378 g/mol. The maximum Gasteiger partial charge on any atom is 0.264 e. The van der Waals surface area contributed by atoms with E-state index >= 15 is 0 Å². The highest BCUT2D eigenvalue weighted by Crippen LogP contribution is 2.32. The molecule has 0 aliphatic carbocycles. The van der Waals surface area contributed by atoms with Gasteiger partial charge in [-0.15, -0.1) is 11.3 Å². The molecule has 1 amide bonds. The lowest BCUT2D eigenvalue weighted by molar-refractivity contribution is 0.100. The number of carbonyl (C=O) groups excluding carboxylic acids is 1. The summed E-state index contributed by atoms with van der Waals surface area (Å²) in [5, 5.41) is 0.436. The topological polar surface area (TPSA) is 89.3 Å². The molecule has 2 rings (SSSR count). The lowest BCUT2D eigenvalue weighted by atomic mass is 10.2. The third-order valence-corrected chi connectivity index (χ3v) is 6.20. The molecule has 22 heavy (non-hydrogen) atoms. The Morgan fingerprint density at radius 2 is 2.00 bits per heavy atom. The molecule has 0 radical (unpaired) electrons. The van der Waals surface area contributed by atoms with Gasteiger partial charge in [-0.1, -0.05) is 30.1 Å². The molecule has 0 spiro atoms. The van der Waals surface area contributed by atoms with Crippen molar-refractivity contribution in [2.75, 3.05) is 4.72 Å². The Balaban J connectivity index is 2.47. The molecule has 0 saturated heterocycles. The molecule has 0 unspecified atom stereocenters. The van der Waals surface area contributed by atoms with E-state index < -0.39 is 15.9 Å². The highest BCUT2D eigenvalue weighted by atomic mass is 35.5. The Morgan fingerprint density at radius 3 is 2.59 bits per heavy atom. The predicted molar refractivity (Wildman–Crippen MR) is 89.5 cm³/mol. The molecule has 2 aromatic rings. The Kier molecular flexibility index (Phi) is 5.01. The van der Waals surface area contributed by atoms with Gasteiger partial charge in [0.2, 0.25) is 0 Å². The number of halogens is 2. The first-order valence-electron chi connectivity index (χ1n) is 6.15. The standard InChI is InChI=1S/C13H12Cl2N2O3S2/c1-2-8-6-9(12(16)18)13(21-8)17-22(19,20)11-5-7(14)3-4-10(11)15/h3-6,17H,2H2,1H3,(H2,16,18). The van der Waals surface area contributed by atoms with E-state index in [1.807, 2.05) is 6.92 Å². The number of sulfonamides is 1. The van der Waals surface area contributed by atoms with E-state index in [9.17, 15) is 13.2 Å². The second kappa shape index (κ2) is 6.45. The van der Waals surface area contributed by atoms with Gasteiger partial charge in [-0.3, -0.25) is 9.52 Å². The number of anilines is 1. The summed E-state index contributed by atoms with van der Waals surface area (Å²) in [5.74, 6) is -0.703. The Hall–Kier alpha value is -1.28. The molecule has 0 aliphatic rings. The van der Waals surface area contributed by atoms with E-state index in [1.165, 1.54) is 18.2 Å². The third-order valence-electron chi connectivity index (χ3n) is 2.81. The average Bonchev–Trinajstić information content (AvgIpc) is 2.84. The molecule has 118 valence electrons. The largest absolute Gasteiger partial charge is 0.366 e. The van der Waals surface area contributed by atoms with E-state index in [1.54, 1.807) is 6.07 Å². The minimum absolute atomic E-state index is 0.0322. The van der Waals surface area contributed by atoms with Gasteiger partial charge in [-0.25, -0.2) is 8.42 Å². The van der Waals surface area contributed by atoms with Crippen molar-refractivity contribution >= 4 is 55.5 Å². The van der Waals surface area contributed by atoms with E-state index in [4.69, 9.17) is 28.9 Å². The first-order chi connectivity index (χ1) is 10.2. The maximum atomic E-state index is 12.4. The van der Waals surface area contributed by atoms with E-state index in [0.29, 0.717) is 6.42 Å². The van der Waals surface area contributed by atoms with Crippen LogP contribution >= 0.6 is 34.5 Å². The number of benzene rings is 1. The fraction of sp³-hybridized carbons (Fsp3) is 0.154. The van der Waals surface area contributed by atoms with Gasteiger partial charge in [-0.2, -0.15) is 0 Å². The van der Waals surface area contributed by atoms with Crippen LogP contribution in [0.15, 0.2) is 29.2 Å². The molecule has 0 fully saturated rings. The molecule has 9 heteroatoms. The van der Waals surface area contributed by atoms with Crippen molar-refractivity contribution in [2.45, 2.75) is 18.2 Å². The van der Waals surface area contributed by atoms with Crippen LogP contribution in [0.25, 0.3) is 0 Å². The summed E-state index contributed by atoms with van der Waals surface area (Å²) < 4.78 is 27.2. The number of hydrogen-bond acceptors (Lipinski definition) is 4. The van der Waals surface area contributed by atoms with Gasteiger partial charge in [0.1, 0.15) is 9.90 Å². The Morgan fingerprint density at radius 1 is 1.32 bits per heavy atom. The Labute approximate surface area is 142 Å². The van der Waals surface area contributed by atoms with Crippen molar-refractivity contribution in [3.8, 4) is 0 Å². The van der Waals surface area contributed by atoms with Gasteiger partial charge in [-0.05, 0) is 30.7 Å². The zero-order valence-electron chi connectivity index (χ0n) is 11.4. The van der Waals surface area contributed by atoms with Crippen LogP contribution in [0.2, 0.25) is 10.0 Å². The van der Waals surface area contributed by atoms with Crippen molar-refractivity contribution < 1.29 is 13.2 Å². The first-order valence-corrected chi connectivity index (χ1v) is 9.20. The number of aryl methyl sites for hydroxylation is 1. The molecule has 0 aliphatic heterocycles. The highest BCUT2D eigenvalue weighted by molar-refractivity contribution is 7.93. The minimum atomic E-state index is -3.98. The van der Waals surface area contributed by atoms with Crippen LogP contribution in [-0.4, -0.2) is 14.3 Å². The summed E-state index contributed by atoms with van der Waals surface area (Å²) in [4.78, 5) is 12.1. The van der Waals surface area contributed by atoms with Gasteiger partial charge >= 0.3 is 0 Å². The van der Waals surface area contributed by atoms with E-state index in [2.05, 4.69) is 4.72 Å². The molecule has 1 aromatic heterocycles.